The Morgan fingerprint density at radius 1 is 1.30 bits per heavy atom. The molecule has 6 nitrogen and oxygen atoms in total. The number of carboxylic acids is 1. The van der Waals surface area contributed by atoms with Gasteiger partial charge in [-0.2, -0.15) is 0 Å². The van der Waals surface area contributed by atoms with Crippen LogP contribution in [0.15, 0.2) is 30.5 Å². The monoisotopic (exact) mass is 276 g/mol. The van der Waals surface area contributed by atoms with Crippen molar-refractivity contribution in [3.63, 3.8) is 0 Å². The summed E-state index contributed by atoms with van der Waals surface area (Å²) in [7, 11) is 1.51. The number of aliphatic carboxylic acids is 1. The van der Waals surface area contributed by atoms with Crippen LogP contribution in [0.3, 0.4) is 0 Å². The molecule has 1 aliphatic carbocycles. The molecule has 106 valence electrons. The number of rotatable bonds is 4. The van der Waals surface area contributed by atoms with E-state index >= 15 is 0 Å². The minimum absolute atomic E-state index is 0.297. The van der Waals surface area contributed by atoms with E-state index in [1.165, 1.54) is 13.3 Å². The lowest BCUT2D eigenvalue weighted by Gasteiger charge is -2.24. The second-order valence-corrected chi connectivity index (χ2v) is 4.57. The number of amides is 1. The van der Waals surface area contributed by atoms with Crippen molar-refractivity contribution in [2.24, 2.45) is 11.8 Å². The summed E-state index contributed by atoms with van der Waals surface area (Å²) in [5.41, 5.74) is 0.523. The molecular weight excluding hydrogens is 260 g/mol. The third-order valence-electron chi connectivity index (χ3n) is 3.30. The molecular formula is C14H16N2O4. The maximum atomic E-state index is 12.2. The van der Waals surface area contributed by atoms with E-state index in [0.29, 0.717) is 24.4 Å². The SMILES string of the molecule is COc1ccc(NC(=O)C2CC=CCC2C(=O)O)cn1. The van der Waals surface area contributed by atoms with Gasteiger partial charge in [0.1, 0.15) is 0 Å². The van der Waals surface area contributed by atoms with Gasteiger partial charge in [-0.3, -0.25) is 9.59 Å². The normalized spacial score (nSPS) is 21.2. The van der Waals surface area contributed by atoms with Crippen LogP contribution < -0.4 is 10.1 Å². The number of hydrogen-bond donors (Lipinski definition) is 2. The topological polar surface area (TPSA) is 88.5 Å². The summed E-state index contributed by atoms with van der Waals surface area (Å²) in [6.45, 7) is 0. The lowest BCUT2D eigenvalue weighted by atomic mass is 9.82. The average molecular weight is 276 g/mol. The van der Waals surface area contributed by atoms with Crippen LogP contribution in [0, 0.1) is 11.8 Å². The molecule has 0 fully saturated rings. The van der Waals surface area contributed by atoms with Crippen molar-refractivity contribution in [2.45, 2.75) is 12.8 Å². The van der Waals surface area contributed by atoms with Crippen LogP contribution >= 0.6 is 0 Å². The molecule has 0 aliphatic heterocycles. The predicted octanol–water partition coefficient (Wildman–Crippen LogP) is 1.70. The number of carbonyl (C=O) groups is 2. The standard InChI is InChI=1S/C14H16N2O4/c1-20-12-7-6-9(8-15-12)16-13(17)10-4-2-3-5-11(10)14(18)19/h2-3,6-8,10-11H,4-5H2,1H3,(H,16,17)(H,18,19). The highest BCUT2D eigenvalue weighted by Gasteiger charge is 2.33. The summed E-state index contributed by atoms with van der Waals surface area (Å²) >= 11 is 0. The van der Waals surface area contributed by atoms with Gasteiger partial charge in [-0.1, -0.05) is 12.2 Å². The summed E-state index contributed by atoms with van der Waals surface area (Å²) < 4.78 is 4.93. The highest BCUT2D eigenvalue weighted by Crippen LogP contribution is 2.27. The van der Waals surface area contributed by atoms with Crippen LogP contribution in [-0.2, 0) is 9.59 Å². The van der Waals surface area contributed by atoms with E-state index in [1.807, 2.05) is 6.08 Å². The van der Waals surface area contributed by atoms with Gasteiger partial charge in [0.05, 0.1) is 30.8 Å². The number of methoxy groups -OCH3 is 1. The molecule has 1 aromatic rings. The van der Waals surface area contributed by atoms with Crippen molar-refractivity contribution in [1.82, 2.24) is 4.98 Å². The van der Waals surface area contributed by atoms with Gasteiger partial charge < -0.3 is 15.2 Å². The molecule has 6 heteroatoms. The van der Waals surface area contributed by atoms with Gasteiger partial charge in [-0.05, 0) is 18.9 Å². The molecule has 2 unspecified atom stereocenters. The number of ether oxygens (including phenoxy) is 1. The van der Waals surface area contributed by atoms with Crippen LogP contribution in [-0.4, -0.2) is 29.1 Å². The first kappa shape index (κ1) is 14.0. The number of carboxylic acid groups (broad SMARTS) is 1. The van der Waals surface area contributed by atoms with Gasteiger partial charge in [0.15, 0.2) is 0 Å². The molecule has 0 radical (unpaired) electrons. The van der Waals surface area contributed by atoms with Crippen molar-refractivity contribution < 1.29 is 19.4 Å². The first-order valence-corrected chi connectivity index (χ1v) is 6.30. The predicted molar refractivity (Wildman–Crippen MR) is 72.4 cm³/mol. The van der Waals surface area contributed by atoms with E-state index in [1.54, 1.807) is 18.2 Å². The molecule has 1 heterocycles. The van der Waals surface area contributed by atoms with Gasteiger partial charge in [-0.25, -0.2) is 4.98 Å². The van der Waals surface area contributed by atoms with E-state index < -0.39 is 17.8 Å². The summed E-state index contributed by atoms with van der Waals surface area (Å²) in [6.07, 6.45) is 5.94. The number of nitrogens with one attached hydrogen (secondary N) is 1. The first-order chi connectivity index (χ1) is 9.61. The van der Waals surface area contributed by atoms with Crippen LogP contribution in [0.2, 0.25) is 0 Å². The molecule has 1 aliphatic rings. The number of anilines is 1. The quantitative estimate of drug-likeness (QED) is 0.817. The Labute approximate surface area is 116 Å². The zero-order valence-electron chi connectivity index (χ0n) is 11.1. The molecule has 0 aromatic carbocycles. The summed E-state index contributed by atoms with van der Waals surface area (Å²) in [6, 6.07) is 3.29. The van der Waals surface area contributed by atoms with Gasteiger partial charge in [0.25, 0.3) is 0 Å². The van der Waals surface area contributed by atoms with Crippen LogP contribution in [0.4, 0.5) is 5.69 Å². The summed E-state index contributed by atoms with van der Waals surface area (Å²) in [5.74, 6) is -2.02. The van der Waals surface area contributed by atoms with E-state index in [2.05, 4.69) is 10.3 Å². The molecule has 2 rings (SSSR count). The Hall–Kier alpha value is -2.37. The summed E-state index contributed by atoms with van der Waals surface area (Å²) in [4.78, 5) is 27.3. The molecule has 0 saturated heterocycles. The highest BCUT2D eigenvalue weighted by atomic mass is 16.5. The summed E-state index contributed by atoms with van der Waals surface area (Å²) in [5, 5.41) is 11.8. The maximum Gasteiger partial charge on any atom is 0.307 e. The molecule has 0 bridgehead atoms. The van der Waals surface area contributed by atoms with E-state index in [9.17, 15) is 9.59 Å². The molecule has 2 N–H and O–H groups in total. The number of carbonyl (C=O) groups excluding carboxylic acids is 1. The second-order valence-electron chi connectivity index (χ2n) is 4.57. The Balaban J connectivity index is 2.06. The average Bonchev–Trinajstić information content (AvgIpc) is 2.48. The number of aromatic nitrogens is 1. The van der Waals surface area contributed by atoms with Crippen molar-refractivity contribution in [1.29, 1.82) is 0 Å². The van der Waals surface area contributed by atoms with Crippen LogP contribution in [0.1, 0.15) is 12.8 Å². The van der Waals surface area contributed by atoms with Gasteiger partial charge >= 0.3 is 5.97 Å². The zero-order chi connectivity index (χ0) is 14.5. The molecule has 0 spiro atoms. The number of pyridine rings is 1. The molecule has 1 aromatic heterocycles. The van der Waals surface area contributed by atoms with Gasteiger partial charge in [-0.15, -0.1) is 0 Å². The Morgan fingerprint density at radius 2 is 2.00 bits per heavy atom. The first-order valence-electron chi connectivity index (χ1n) is 6.30. The smallest absolute Gasteiger partial charge is 0.307 e. The zero-order valence-corrected chi connectivity index (χ0v) is 11.1. The minimum Gasteiger partial charge on any atom is -0.481 e. The Kier molecular flexibility index (Phi) is 4.34. The number of nitrogens with zero attached hydrogens (tertiary/aromatic N) is 1. The molecule has 2 atom stereocenters. The van der Waals surface area contributed by atoms with E-state index in [-0.39, 0.29) is 5.91 Å². The minimum atomic E-state index is -0.942. The Morgan fingerprint density at radius 3 is 2.55 bits per heavy atom. The van der Waals surface area contributed by atoms with Crippen LogP contribution in [0.25, 0.3) is 0 Å². The highest BCUT2D eigenvalue weighted by molar-refractivity contribution is 5.95. The molecule has 20 heavy (non-hydrogen) atoms. The molecule has 0 saturated carbocycles. The van der Waals surface area contributed by atoms with Crippen molar-refractivity contribution in [3.05, 3.63) is 30.5 Å². The largest absolute Gasteiger partial charge is 0.481 e. The lowest BCUT2D eigenvalue weighted by molar-refractivity contribution is -0.146. The fraction of sp³-hybridized carbons (Fsp3) is 0.357. The van der Waals surface area contributed by atoms with E-state index in [0.717, 1.165) is 0 Å². The van der Waals surface area contributed by atoms with Crippen molar-refractivity contribution in [3.8, 4) is 5.88 Å². The van der Waals surface area contributed by atoms with Crippen LogP contribution in [0.5, 0.6) is 5.88 Å². The maximum absolute atomic E-state index is 12.2. The van der Waals surface area contributed by atoms with Gasteiger partial charge in [0.2, 0.25) is 11.8 Å². The number of hydrogen-bond acceptors (Lipinski definition) is 4. The van der Waals surface area contributed by atoms with Crippen molar-refractivity contribution in [2.75, 3.05) is 12.4 Å². The van der Waals surface area contributed by atoms with Gasteiger partial charge in [0, 0.05) is 6.07 Å². The third-order valence-corrected chi connectivity index (χ3v) is 3.30. The Bertz CT molecular complexity index is 524. The fourth-order valence-corrected chi connectivity index (χ4v) is 2.19. The molecule has 1 amide bonds. The van der Waals surface area contributed by atoms with Crippen molar-refractivity contribution >= 4 is 17.6 Å². The number of allylic oxidation sites excluding steroid dienone is 2. The lowest BCUT2D eigenvalue weighted by Crippen LogP contribution is -2.34. The van der Waals surface area contributed by atoms with E-state index in [4.69, 9.17) is 9.84 Å². The second kappa shape index (κ2) is 6.18. The fourth-order valence-electron chi connectivity index (χ4n) is 2.19. The third kappa shape index (κ3) is 3.14.